The van der Waals surface area contributed by atoms with E-state index in [-0.39, 0.29) is 35.9 Å². The first-order valence-corrected chi connectivity index (χ1v) is 9.50. The molecule has 27 heavy (non-hydrogen) atoms. The minimum absolute atomic E-state index is 0. The molecule has 2 aromatic carbocycles. The van der Waals surface area contributed by atoms with Gasteiger partial charge in [-0.2, -0.15) is 0 Å². The highest BCUT2D eigenvalue weighted by Gasteiger charge is 2.25. The van der Waals surface area contributed by atoms with Gasteiger partial charge in [-0.15, -0.1) is 24.0 Å². The zero-order chi connectivity index (χ0) is 18.4. The maximum atomic E-state index is 11.9. The molecular formula is C21H29IN4O. The van der Waals surface area contributed by atoms with Crippen LogP contribution >= 0.6 is 24.0 Å². The lowest BCUT2D eigenvalue weighted by Crippen LogP contribution is -2.45. The summed E-state index contributed by atoms with van der Waals surface area (Å²) in [5, 5.41) is 9.29. The van der Waals surface area contributed by atoms with Gasteiger partial charge in [0.15, 0.2) is 5.96 Å². The Morgan fingerprint density at radius 1 is 1.19 bits per heavy atom. The maximum absolute atomic E-state index is 11.9. The molecule has 5 nitrogen and oxygen atoms in total. The fourth-order valence-corrected chi connectivity index (χ4v) is 3.44. The summed E-state index contributed by atoms with van der Waals surface area (Å²) in [4.78, 5) is 18.6. The zero-order valence-corrected chi connectivity index (χ0v) is 18.4. The molecule has 1 unspecified atom stereocenters. The number of nitrogens with one attached hydrogen (secondary N) is 2. The van der Waals surface area contributed by atoms with E-state index in [2.05, 4.69) is 60.0 Å². The van der Waals surface area contributed by atoms with Crippen molar-refractivity contribution in [3.63, 3.8) is 0 Å². The van der Waals surface area contributed by atoms with Gasteiger partial charge in [0.2, 0.25) is 5.91 Å². The molecule has 1 atom stereocenters. The van der Waals surface area contributed by atoms with Gasteiger partial charge in [-0.1, -0.05) is 49.4 Å². The highest BCUT2D eigenvalue weighted by molar-refractivity contribution is 14.0. The lowest BCUT2D eigenvalue weighted by atomic mass is 10.1. The van der Waals surface area contributed by atoms with Crippen LogP contribution in [0.2, 0.25) is 0 Å². The molecule has 6 heteroatoms. The van der Waals surface area contributed by atoms with E-state index in [1.54, 1.807) is 0 Å². The molecular weight excluding hydrogens is 451 g/mol. The topological polar surface area (TPSA) is 56.7 Å². The Morgan fingerprint density at radius 3 is 2.74 bits per heavy atom. The Bertz CT molecular complexity index is 787. The maximum Gasteiger partial charge on any atom is 0.222 e. The first-order valence-electron chi connectivity index (χ1n) is 9.50. The first-order chi connectivity index (χ1) is 12.7. The Kier molecular flexibility index (Phi) is 8.34. The van der Waals surface area contributed by atoms with Gasteiger partial charge in [-0.3, -0.25) is 4.79 Å². The number of hydrogen-bond donors (Lipinski definition) is 2. The van der Waals surface area contributed by atoms with Gasteiger partial charge in [0.1, 0.15) is 0 Å². The summed E-state index contributed by atoms with van der Waals surface area (Å²) in [6.45, 7) is 7.00. The van der Waals surface area contributed by atoms with Crippen LogP contribution < -0.4 is 10.6 Å². The second-order valence-electron chi connectivity index (χ2n) is 6.66. The summed E-state index contributed by atoms with van der Waals surface area (Å²) in [7, 11) is 0. The second-order valence-corrected chi connectivity index (χ2v) is 6.66. The van der Waals surface area contributed by atoms with Crippen molar-refractivity contribution in [2.24, 2.45) is 4.99 Å². The summed E-state index contributed by atoms with van der Waals surface area (Å²) in [5.41, 5.74) is 1.22. The fourth-order valence-electron chi connectivity index (χ4n) is 3.44. The van der Waals surface area contributed by atoms with Gasteiger partial charge in [-0.05, 0) is 29.7 Å². The third kappa shape index (κ3) is 5.57. The summed E-state index contributed by atoms with van der Waals surface area (Å²) in [6.07, 6.45) is 1.53. The molecule has 0 aromatic heterocycles. The van der Waals surface area contributed by atoms with Crippen molar-refractivity contribution in [1.29, 1.82) is 0 Å². The van der Waals surface area contributed by atoms with Crippen LogP contribution in [0.15, 0.2) is 47.5 Å². The molecule has 1 heterocycles. The van der Waals surface area contributed by atoms with Gasteiger partial charge in [-0.25, -0.2) is 4.99 Å². The Morgan fingerprint density at radius 2 is 1.96 bits per heavy atom. The van der Waals surface area contributed by atoms with Crippen LogP contribution in [0.1, 0.15) is 32.3 Å². The predicted molar refractivity (Wildman–Crippen MR) is 123 cm³/mol. The molecule has 1 fully saturated rings. The van der Waals surface area contributed by atoms with E-state index in [0.717, 1.165) is 32.0 Å². The lowest BCUT2D eigenvalue weighted by molar-refractivity contribution is -0.129. The minimum Gasteiger partial charge on any atom is -0.357 e. The number of carbonyl (C=O) groups is 1. The number of amides is 1. The second kappa shape index (κ2) is 10.5. The average Bonchev–Trinajstić information content (AvgIpc) is 3.14. The first kappa shape index (κ1) is 21.5. The van der Waals surface area contributed by atoms with Crippen molar-refractivity contribution >= 4 is 46.6 Å². The SMILES string of the molecule is CCNC(=NCc1cccc2ccccc12)NC1CCN(C(=O)CC)C1.I. The predicted octanol–water partition coefficient (Wildman–Crippen LogP) is 3.52. The molecule has 1 aliphatic heterocycles. The third-order valence-electron chi connectivity index (χ3n) is 4.82. The number of likely N-dealkylation sites (tertiary alicyclic amines) is 1. The molecule has 2 N–H and O–H groups in total. The van der Waals surface area contributed by atoms with E-state index in [0.29, 0.717) is 13.0 Å². The summed E-state index contributed by atoms with van der Waals surface area (Å²) in [6, 6.07) is 15.0. The summed E-state index contributed by atoms with van der Waals surface area (Å²) in [5.74, 6) is 1.04. The quantitative estimate of drug-likeness (QED) is 0.391. The van der Waals surface area contributed by atoms with Crippen LogP contribution in [0, 0.1) is 0 Å². The molecule has 0 radical (unpaired) electrons. The van der Waals surface area contributed by atoms with Crippen molar-refractivity contribution in [2.75, 3.05) is 19.6 Å². The van der Waals surface area contributed by atoms with Gasteiger partial charge in [0, 0.05) is 32.1 Å². The van der Waals surface area contributed by atoms with Crippen molar-refractivity contribution in [1.82, 2.24) is 15.5 Å². The molecule has 0 spiro atoms. The zero-order valence-electron chi connectivity index (χ0n) is 16.1. The van der Waals surface area contributed by atoms with Gasteiger partial charge < -0.3 is 15.5 Å². The molecule has 3 rings (SSSR count). The van der Waals surface area contributed by atoms with Gasteiger partial charge >= 0.3 is 0 Å². The van der Waals surface area contributed by atoms with E-state index in [1.807, 2.05) is 11.8 Å². The molecule has 2 aromatic rings. The lowest BCUT2D eigenvalue weighted by Gasteiger charge is -2.18. The highest BCUT2D eigenvalue weighted by atomic mass is 127. The summed E-state index contributed by atoms with van der Waals surface area (Å²) < 4.78 is 0. The number of halogens is 1. The van der Waals surface area contributed by atoms with E-state index < -0.39 is 0 Å². The van der Waals surface area contributed by atoms with Crippen LogP contribution in [0.25, 0.3) is 10.8 Å². The minimum atomic E-state index is 0. The van der Waals surface area contributed by atoms with Crippen LogP contribution in [0.5, 0.6) is 0 Å². The van der Waals surface area contributed by atoms with Crippen LogP contribution in [0.3, 0.4) is 0 Å². The van der Waals surface area contributed by atoms with E-state index in [1.165, 1.54) is 16.3 Å². The smallest absolute Gasteiger partial charge is 0.222 e. The summed E-state index contributed by atoms with van der Waals surface area (Å²) >= 11 is 0. The highest BCUT2D eigenvalue weighted by Crippen LogP contribution is 2.19. The standard InChI is InChI=1S/C21H28N4O.HI/c1-3-20(26)25-13-12-18(15-25)24-21(22-4-2)23-14-17-10-7-9-16-8-5-6-11-19(16)17;/h5-11,18H,3-4,12-15H2,1-2H3,(H2,22,23,24);1H. The van der Waals surface area contributed by atoms with Crippen molar-refractivity contribution in [3.05, 3.63) is 48.0 Å². The number of hydrogen-bond acceptors (Lipinski definition) is 2. The Hall–Kier alpha value is -1.83. The third-order valence-corrected chi connectivity index (χ3v) is 4.82. The molecule has 0 saturated carbocycles. The molecule has 1 saturated heterocycles. The van der Waals surface area contributed by atoms with E-state index >= 15 is 0 Å². The Balaban J connectivity index is 0.00000261. The number of carbonyl (C=O) groups excluding carboxylic acids is 1. The molecule has 0 bridgehead atoms. The molecule has 146 valence electrons. The largest absolute Gasteiger partial charge is 0.357 e. The monoisotopic (exact) mass is 480 g/mol. The number of fused-ring (bicyclic) bond motifs is 1. The number of guanidine groups is 1. The van der Waals surface area contributed by atoms with Crippen LogP contribution in [-0.4, -0.2) is 42.4 Å². The van der Waals surface area contributed by atoms with Gasteiger partial charge in [0.05, 0.1) is 6.54 Å². The normalized spacial score (nSPS) is 16.9. The number of rotatable bonds is 5. The van der Waals surface area contributed by atoms with Crippen LogP contribution in [-0.2, 0) is 11.3 Å². The van der Waals surface area contributed by atoms with Gasteiger partial charge in [0.25, 0.3) is 0 Å². The number of aliphatic imine (C=N–C) groups is 1. The average molecular weight is 480 g/mol. The number of benzene rings is 2. The van der Waals surface area contributed by atoms with Crippen molar-refractivity contribution in [2.45, 2.75) is 39.3 Å². The Labute approximate surface area is 178 Å². The fraction of sp³-hybridized carbons (Fsp3) is 0.429. The van der Waals surface area contributed by atoms with Crippen molar-refractivity contribution in [3.8, 4) is 0 Å². The van der Waals surface area contributed by atoms with Crippen LogP contribution in [0.4, 0.5) is 0 Å². The van der Waals surface area contributed by atoms with E-state index in [4.69, 9.17) is 4.99 Å². The molecule has 1 amide bonds. The number of nitrogens with zero attached hydrogens (tertiary/aromatic N) is 2. The molecule has 0 aliphatic carbocycles. The van der Waals surface area contributed by atoms with E-state index in [9.17, 15) is 4.79 Å². The van der Waals surface area contributed by atoms with Crippen molar-refractivity contribution < 1.29 is 4.79 Å². The molecule has 1 aliphatic rings.